The molecule has 3 nitrogen and oxygen atoms in total. The molecule has 0 aliphatic heterocycles. The maximum atomic E-state index is 11.9. The van der Waals surface area contributed by atoms with Gasteiger partial charge in [-0.15, -0.1) is 0 Å². The molecule has 2 radical (unpaired) electrons. The molecule has 0 saturated heterocycles. The number of carbonyl (C=O) groups is 1. The number of carbonyl (C=O) groups excluding carboxylic acids is 1. The molecule has 0 fully saturated rings. The number of anilines is 1. The monoisotopic (exact) mass is 263 g/mol. The zero-order valence-electron chi connectivity index (χ0n) is 11.7. The smallest absolute Gasteiger partial charge is 0.223 e. The summed E-state index contributed by atoms with van der Waals surface area (Å²) >= 11 is 0. The van der Waals surface area contributed by atoms with E-state index in [1.807, 2.05) is 26.0 Å². The summed E-state index contributed by atoms with van der Waals surface area (Å²) < 4.78 is 17.0. The Bertz CT molecular complexity index is 428. The van der Waals surface area contributed by atoms with Crippen molar-refractivity contribution < 1.29 is 13.9 Å². The second-order valence-corrected chi connectivity index (χ2v) is 4.47. The molecule has 1 aromatic carbocycles. The second kappa shape index (κ2) is 7.29. The molecule has 102 valence electrons. The number of alkyl halides is 1. The summed E-state index contributed by atoms with van der Waals surface area (Å²) in [5.74, 6) is -0.0765. The maximum absolute atomic E-state index is 11.9. The van der Waals surface area contributed by atoms with Crippen molar-refractivity contribution in [3.63, 3.8) is 0 Å². The molecule has 1 amide bonds. The van der Waals surface area contributed by atoms with Crippen LogP contribution in [-0.4, -0.2) is 40.2 Å². The van der Waals surface area contributed by atoms with Gasteiger partial charge in [0.1, 0.15) is 14.5 Å². The van der Waals surface area contributed by atoms with E-state index in [-0.39, 0.29) is 12.5 Å². The van der Waals surface area contributed by atoms with Gasteiger partial charge in [0.2, 0.25) is 5.91 Å². The van der Waals surface area contributed by atoms with Crippen LogP contribution in [0.4, 0.5) is 10.1 Å². The van der Waals surface area contributed by atoms with Crippen molar-refractivity contribution in [1.29, 1.82) is 0 Å². The van der Waals surface area contributed by atoms with Crippen LogP contribution in [0, 0.1) is 13.8 Å². The molecule has 0 aliphatic carbocycles. The normalized spacial score (nSPS) is 10.5. The highest BCUT2D eigenvalue weighted by Crippen LogP contribution is 2.17. The minimum atomic E-state index is -0.514. The predicted molar refractivity (Wildman–Crippen MR) is 76.1 cm³/mol. The van der Waals surface area contributed by atoms with Gasteiger partial charge in [-0.05, 0) is 26.0 Å². The maximum Gasteiger partial charge on any atom is 0.223 e. The lowest BCUT2D eigenvalue weighted by Gasteiger charge is -2.23. The largest absolute Gasteiger partial charge is 0.377 e. The highest BCUT2D eigenvalue weighted by molar-refractivity contribution is 6.34. The topological polar surface area (TPSA) is 29.5 Å². The summed E-state index contributed by atoms with van der Waals surface area (Å²) in [6.45, 7) is 5.57. The lowest BCUT2D eigenvalue weighted by atomic mass is 9.86. The summed E-state index contributed by atoms with van der Waals surface area (Å²) in [6, 6.07) is 3.75. The van der Waals surface area contributed by atoms with Crippen molar-refractivity contribution in [2.75, 3.05) is 31.3 Å². The summed E-state index contributed by atoms with van der Waals surface area (Å²) in [7, 11) is 5.90. The van der Waals surface area contributed by atoms with Crippen molar-refractivity contribution >= 4 is 24.9 Å². The van der Waals surface area contributed by atoms with Gasteiger partial charge in [0.25, 0.3) is 0 Å². The van der Waals surface area contributed by atoms with E-state index in [1.54, 1.807) is 4.90 Å². The lowest BCUT2D eigenvalue weighted by Crippen LogP contribution is -2.33. The zero-order valence-corrected chi connectivity index (χ0v) is 11.7. The van der Waals surface area contributed by atoms with Crippen LogP contribution in [0.1, 0.15) is 18.1 Å². The number of nitrogens with zero attached hydrogens (tertiary/aromatic N) is 1. The Kier molecular flexibility index (Phi) is 6.02. The summed E-state index contributed by atoms with van der Waals surface area (Å²) in [5.41, 5.74) is 3.40. The molecule has 0 saturated carbocycles. The summed E-state index contributed by atoms with van der Waals surface area (Å²) in [5, 5.41) is 0. The molecule has 1 aromatic rings. The third-order valence-corrected chi connectivity index (χ3v) is 2.95. The van der Waals surface area contributed by atoms with Gasteiger partial charge in [0.15, 0.2) is 0 Å². The van der Waals surface area contributed by atoms with Crippen LogP contribution in [0.25, 0.3) is 0 Å². The van der Waals surface area contributed by atoms with E-state index < -0.39 is 6.67 Å². The molecule has 19 heavy (non-hydrogen) atoms. The first kappa shape index (κ1) is 15.7. The van der Waals surface area contributed by atoms with Gasteiger partial charge in [0, 0.05) is 19.2 Å². The number of ether oxygens (including phenoxy) is 1. The van der Waals surface area contributed by atoms with E-state index in [9.17, 15) is 9.18 Å². The van der Waals surface area contributed by atoms with E-state index in [0.717, 1.165) is 22.3 Å². The Morgan fingerprint density at radius 3 is 2.37 bits per heavy atom. The average molecular weight is 263 g/mol. The SMILES string of the molecule is [B]c1c(C)cc(N(CCOCCF)C(C)=O)cc1C. The van der Waals surface area contributed by atoms with Crippen LogP contribution in [0.5, 0.6) is 0 Å². The fourth-order valence-corrected chi connectivity index (χ4v) is 1.89. The molecule has 0 aliphatic rings. The molecular formula is C14H19BFNO2. The zero-order chi connectivity index (χ0) is 14.4. The van der Waals surface area contributed by atoms with Gasteiger partial charge < -0.3 is 9.64 Å². The van der Waals surface area contributed by atoms with Crippen molar-refractivity contribution in [2.24, 2.45) is 0 Å². The minimum absolute atomic E-state index is 0.0610. The number of rotatable bonds is 6. The number of benzene rings is 1. The predicted octanol–water partition coefficient (Wildman–Crippen LogP) is 1.44. The first-order valence-electron chi connectivity index (χ1n) is 6.26. The Morgan fingerprint density at radius 2 is 1.89 bits per heavy atom. The van der Waals surface area contributed by atoms with Crippen molar-refractivity contribution in [2.45, 2.75) is 20.8 Å². The first-order chi connectivity index (χ1) is 8.97. The third-order valence-electron chi connectivity index (χ3n) is 2.95. The highest BCUT2D eigenvalue weighted by atomic mass is 19.1. The Morgan fingerprint density at radius 1 is 1.32 bits per heavy atom. The molecule has 0 spiro atoms. The highest BCUT2D eigenvalue weighted by Gasteiger charge is 2.13. The molecule has 0 bridgehead atoms. The van der Waals surface area contributed by atoms with E-state index in [1.165, 1.54) is 6.92 Å². The molecular weight excluding hydrogens is 244 g/mol. The van der Waals surface area contributed by atoms with Crippen LogP contribution in [-0.2, 0) is 9.53 Å². The van der Waals surface area contributed by atoms with Crippen molar-refractivity contribution in [3.8, 4) is 0 Å². The number of hydrogen-bond donors (Lipinski definition) is 0. The standard InChI is InChI=1S/C14H19BFNO2/c1-10-8-13(9-11(2)14(10)15)17(12(3)18)5-7-19-6-4-16/h8-9H,4-7H2,1-3H3. The second-order valence-electron chi connectivity index (χ2n) is 4.47. The quantitative estimate of drug-likeness (QED) is 0.574. The first-order valence-corrected chi connectivity index (χ1v) is 6.26. The molecule has 0 unspecified atom stereocenters. The fraction of sp³-hybridized carbons (Fsp3) is 0.500. The van der Waals surface area contributed by atoms with Crippen molar-refractivity contribution in [3.05, 3.63) is 23.3 Å². The van der Waals surface area contributed by atoms with Gasteiger partial charge in [-0.3, -0.25) is 4.79 Å². The van der Waals surface area contributed by atoms with E-state index >= 15 is 0 Å². The van der Waals surface area contributed by atoms with Crippen LogP contribution >= 0.6 is 0 Å². The van der Waals surface area contributed by atoms with E-state index in [4.69, 9.17) is 12.6 Å². The van der Waals surface area contributed by atoms with Gasteiger partial charge in [-0.25, -0.2) is 4.39 Å². The van der Waals surface area contributed by atoms with Gasteiger partial charge in [-0.1, -0.05) is 16.6 Å². The number of hydrogen-bond acceptors (Lipinski definition) is 2. The number of aryl methyl sites for hydroxylation is 2. The summed E-state index contributed by atoms with van der Waals surface area (Å²) in [6.07, 6.45) is 0. The van der Waals surface area contributed by atoms with Gasteiger partial charge in [0.05, 0.1) is 13.2 Å². The average Bonchev–Trinajstić information content (AvgIpc) is 2.35. The Balaban J connectivity index is 2.84. The molecule has 5 heteroatoms. The van der Waals surface area contributed by atoms with E-state index in [0.29, 0.717) is 13.2 Å². The fourth-order valence-electron chi connectivity index (χ4n) is 1.89. The molecule has 0 aromatic heterocycles. The Labute approximate surface area is 115 Å². The summed E-state index contributed by atoms with van der Waals surface area (Å²) in [4.78, 5) is 13.3. The number of halogens is 1. The van der Waals surface area contributed by atoms with E-state index in [2.05, 4.69) is 0 Å². The number of amides is 1. The molecule has 0 N–H and O–H groups in total. The van der Waals surface area contributed by atoms with Crippen LogP contribution < -0.4 is 10.4 Å². The van der Waals surface area contributed by atoms with Crippen LogP contribution in [0.3, 0.4) is 0 Å². The lowest BCUT2D eigenvalue weighted by molar-refractivity contribution is -0.116. The minimum Gasteiger partial charge on any atom is -0.377 e. The molecule has 0 heterocycles. The Hall–Kier alpha value is -1.36. The van der Waals surface area contributed by atoms with Gasteiger partial charge >= 0.3 is 0 Å². The molecule has 0 atom stereocenters. The van der Waals surface area contributed by atoms with Crippen LogP contribution in [0.15, 0.2) is 12.1 Å². The van der Waals surface area contributed by atoms with Gasteiger partial charge in [-0.2, -0.15) is 0 Å². The van der Waals surface area contributed by atoms with Crippen molar-refractivity contribution in [1.82, 2.24) is 0 Å². The van der Waals surface area contributed by atoms with Crippen LogP contribution in [0.2, 0.25) is 0 Å². The third kappa shape index (κ3) is 4.35. The molecule has 1 rings (SSSR count).